The van der Waals surface area contributed by atoms with Gasteiger partial charge in [0, 0.05) is 43.2 Å². The Balaban J connectivity index is 1.88. The highest BCUT2D eigenvalue weighted by Gasteiger charge is 2.36. The SMILES string of the molecule is CC(C)NCC1CCN(S(=O)(=O)N2CCSCC2C)CC1. The van der Waals surface area contributed by atoms with E-state index in [0.29, 0.717) is 31.6 Å². The summed E-state index contributed by atoms with van der Waals surface area (Å²) in [4.78, 5) is 0. The zero-order valence-corrected chi connectivity index (χ0v) is 15.0. The molecule has 21 heavy (non-hydrogen) atoms. The van der Waals surface area contributed by atoms with E-state index < -0.39 is 10.2 Å². The molecule has 2 aliphatic rings. The summed E-state index contributed by atoms with van der Waals surface area (Å²) in [6.45, 7) is 9.31. The summed E-state index contributed by atoms with van der Waals surface area (Å²) in [6, 6.07) is 0.618. The lowest BCUT2D eigenvalue weighted by molar-refractivity contribution is 0.240. The molecule has 0 radical (unpaired) electrons. The Morgan fingerprint density at radius 1 is 1.24 bits per heavy atom. The zero-order chi connectivity index (χ0) is 15.5. The molecule has 124 valence electrons. The van der Waals surface area contributed by atoms with Gasteiger partial charge in [-0.25, -0.2) is 0 Å². The van der Waals surface area contributed by atoms with Crippen molar-refractivity contribution in [1.82, 2.24) is 13.9 Å². The van der Waals surface area contributed by atoms with Crippen LogP contribution in [0.2, 0.25) is 0 Å². The average molecular weight is 336 g/mol. The normalized spacial score (nSPS) is 27.3. The van der Waals surface area contributed by atoms with Crippen LogP contribution in [0.1, 0.15) is 33.6 Å². The van der Waals surface area contributed by atoms with Crippen molar-refractivity contribution in [3.05, 3.63) is 0 Å². The molecule has 0 aliphatic carbocycles. The second-order valence-corrected chi connectivity index (χ2v) is 9.48. The first-order valence-corrected chi connectivity index (χ1v) is 10.5. The first-order chi connectivity index (χ1) is 9.91. The van der Waals surface area contributed by atoms with Crippen LogP contribution in [0.5, 0.6) is 0 Å². The fourth-order valence-electron chi connectivity index (χ4n) is 2.95. The Kier molecular flexibility index (Phi) is 6.38. The molecule has 5 nitrogen and oxygen atoms in total. The van der Waals surface area contributed by atoms with Crippen molar-refractivity contribution in [3.63, 3.8) is 0 Å². The van der Waals surface area contributed by atoms with E-state index >= 15 is 0 Å². The number of hydrogen-bond donors (Lipinski definition) is 1. The molecule has 2 heterocycles. The molecule has 0 aromatic heterocycles. The lowest BCUT2D eigenvalue weighted by atomic mass is 9.98. The lowest BCUT2D eigenvalue weighted by Gasteiger charge is -2.39. The summed E-state index contributed by atoms with van der Waals surface area (Å²) >= 11 is 1.85. The molecule has 1 N–H and O–H groups in total. The maximum Gasteiger partial charge on any atom is 0.282 e. The van der Waals surface area contributed by atoms with E-state index in [-0.39, 0.29) is 6.04 Å². The van der Waals surface area contributed by atoms with Crippen LogP contribution in [0.15, 0.2) is 0 Å². The largest absolute Gasteiger partial charge is 0.314 e. The number of rotatable bonds is 5. The van der Waals surface area contributed by atoms with E-state index in [4.69, 9.17) is 0 Å². The highest BCUT2D eigenvalue weighted by atomic mass is 32.2. The van der Waals surface area contributed by atoms with E-state index in [1.54, 1.807) is 8.61 Å². The number of thioether (sulfide) groups is 1. The molecule has 0 amide bonds. The summed E-state index contributed by atoms with van der Waals surface area (Å²) in [5, 5.41) is 3.46. The molecule has 0 aromatic rings. The Morgan fingerprint density at radius 2 is 1.90 bits per heavy atom. The predicted molar refractivity (Wildman–Crippen MR) is 89.8 cm³/mol. The molecule has 2 saturated heterocycles. The molecule has 7 heteroatoms. The van der Waals surface area contributed by atoms with Crippen LogP contribution in [0.3, 0.4) is 0 Å². The van der Waals surface area contributed by atoms with Gasteiger partial charge in [-0.05, 0) is 32.2 Å². The summed E-state index contributed by atoms with van der Waals surface area (Å²) in [5.41, 5.74) is 0. The van der Waals surface area contributed by atoms with Crippen molar-refractivity contribution in [2.24, 2.45) is 5.92 Å². The van der Waals surface area contributed by atoms with E-state index in [1.807, 2.05) is 18.7 Å². The molecule has 0 saturated carbocycles. The number of piperidine rings is 1. The maximum absolute atomic E-state index is 12.8. The van der Waals surface area contributed by atoms with Crippen molar-refractivity contribution in [1.29, 1.82) is 0 Å². The fraction of sp³-hybridized carbons (Fsp3) is 1.00. The van der Waals surface area contributed by atoms with Crippen molar-refractivity contribution in [2.45, 2.75) is 45.7 Å². The topological polar surface area (TPSA) is 52.7 Å². The van der Waals surface area contributed by atoms with Gasteiger partial charge in [-0.3, -0.25) is 0 Å². The minimum absolute atomic E-state index is 0.120. The molecule has 1 unspecified atom stereocenters. The van der Waals surface area contributed by atoms with E-state index in [1.165, 1.54) is 0 Å². The molecule has 1 atom stereocenters. The fourth-order valence-corrected chi connectivity index (χ4v) is 5.99. The minimum atomic E-state index is -3.26. The van der Waals surface area contributed by atoms with Gasteiger partial charge in [-0.2, -0.15) is 28.8 Å². The molecule has 0 aromatic carbocycles. The summed E-state index contributed by atoms with van der Waals surface area (Å²) in [5.74, 6) is 2.43. The zero-order valence-electron chi connectivity index (χ0n) is 13.4. The third-order valence-corrected chi connectivity index (χ3v) is 7.66. The molecule has 0 bridgehead atoms. The van der Waals surface area contributed by atoms with Crippen LogP contribution in [-0.2, 0) is 10.2 Å². The minimum Gasteiger partial charge on any atom is -0.314 e. The Labute approximate surface area is 134 Å². The van der Waals surface area contributed by atoms with Crippen LogP contribution < -0.4 is 5.32 Å². The number of hydrogen-bond acceptors (Lipinski definition) is 4. The van der Waals surface area contributed by atoms with E-state index in [2.05, 4.69) is 19.2 Å². The smallest absolute Gasteiger partial charge is 0.282 e. The second-order valence-electron chi connectivity index (χ2n) is 6.45. The molecule has 2 aliphatic heterocycles. The average Bonchev–Trinajstić information content (AvgIpc) is 2.46. The number of nitrogens with zero attached hydrogens (tertiary/aromatic N) is 2. The number of nitrogens with one attached hydrogen (secondary N) is 1. The summed E-state index contributed by atoms with van der Waals surface area (Å²) in [7, 11) is -3.26. The Hall–Kier alpha value is 0.180. The standard InChI is InChI=1S/C14H29N3O2S2/c1-12(2)15-10-14-4-6-16(7-5-14)21(18,19)17-8-9-20-11-13(17)3/h12-15H,4-11H2,1-3H3. The van der Waals surface area contributed by atoms with Gasteiger partial charge in [-0.15, -0.1) is 0 Å². The maximum atomic E-state index is 12.8. The quantitative estimate of drug-likeness (QED) is 0.825. The predicted octanol–water partition coefficient (Wildman–Crippen LogP) is 1.38. The van der Waals surface area contributed by atoms with Crippen molar-refractivity contribution >= 4 is 22.0 Å². The van der Waals surface area contributed by atoms with Crippen molar-refractivity contribution < 1.29 is 8.42 Å². The van der Waals surface area contributed by atoms with Gasteiger partial charge >= 0.3 is 0 Å². The van der Waals surface area contributed by atoms with Gasteiger partial charge in [0.15, 0.2) is 0 Å². The van der Waals surface area contributed by atoms with Crippen LogP contribution in [0.25, 0.3) is 0 Å². The molecular formula is C14H29N3O2S2. The van der Waals surface area contributed by atoms with Gasteiger partial charge in [0.25, 0.3) is 10.2 Å². The molecular weight excluding hydrogens is 306 g/mol. The molecule has 2 fully saturated rings. The van der Waals surface area contributed by atoms with Crippen molar-refractivity contribution in [2.75, 3.05) is 37.7 Å². The van der Waals surface area contributed by atoms with Gasteiger partial charge in [-0.1, -0.05) is 13.8 Å². The summed E-state index contributed by atoms with van der Waals surface area (Å²) in [6.07, 6.45) is 1.94. The second kappa shape index (κ2) is 7.64. The molecule has 0 spiro atoms. The van der Waals surface area contributed by atoms with E-state index in [9.17, 15) is 8.42 Å². The highest BCUT2D eigenvalue weighted by molar-refractivity contribution is 7.99. The van der Waals surface area contributed by atoms with E-state index in [0.717, 1.165) is 30.9 Å². The third kappa shape index (κ3) is 4.58. The Bertz CT molecular complexity index is 420. The van der Waals surface area contributed by atoms with Crippen LogP contribution in [-0.4, -0.2) is 66.8 Å². The monoisotopic (exact) mass is 335 g/mol. The van der Waals surface area contributed by atoms with Gasteiger partial charge in [0.2, 0.25) is 0 Å². The lowest BCUT2D eigenvalue weighted by Crippen LogP contribution is -2.53. The van der Waals surface area contributed by atoms with Crippen LogP contribution >= 0.6 is 11.8 Å². The first kappa shape index (κ1) is 17.5. The van der Waals surface area contributed by atoms with Crippen LogP contribution in [0.4, 0.5) is 0 Å². The van der Waals surface area contributed by atoms with Crippen LogP contribution in [0, 0.1) is 5.92 Å². The van der Waals surface area contributed by atoms with Gasteiger partial charge in [0.05, 0.1) is 0 Å². The first-order valence-electron chi connectivity index (χ1n) is 7.99. The summed E-state index contributed by atoms with van der Waals surface area (Å²) < 4.78 is 28.9. The Morgan fingerprint density at radius 3 is 2.48 bits per heavy atom. The molecule has 2 rings (SSSR count). The third-order valence-electron chi connectivity index (χ3n) is 4.32. The highest BCUT2D eigenvalue weighted by Crippen LogP contribution is 2.25. The van der Waals surface area contributed by atoms with Gasteiger partial charge < -0.3 is 5.32 Å². The van der Waals surface area contributed by atoms with Gasteiger partial charge in [0.1, 0.15) is 0 Å². The van der Waals surface area contributed by atoms with Crippen molar-refractivity contribution in [3.8, 4) is 0 Å².